The van der Waals surface area contributed by atoms with E-state index in [-0.39, 0.29) is 73.2 Å². The van der Waals surface area contributed by atoms with E-state index in [0.29, 0.717) is 51.4 Å². The maximum absolute atomic E-state index is 17.0. The van der Waals surface area contributed by atoms with Crippen LogP contribution in [-0.4, -0.2) is 122 Å². The Bertz CT molecular complexity index is 1760. The molecule has 3 heterocycles. The maximum Gasteiger partial charge on any atom is 0.329 e. The molecule has 0 spiro atoms. The number of methoxy groups -OCH3 is 3. The Balaban J connectivity index is 1.70. The minimum Gasteiger partial charge on any atom is -0.460 e. The second-order valence-electron chi connectivity index (χ2n) is 19.5. The third-order valence-electron chi connectivity index (χ3n) is 14.4. The van der Waals surface area contributed by atoms with Gasteiger partial charge in [-0.3, -0.25) is 19.2 Å². The summed E-state index contributed by atoms with van der Waals surface area (Å²) in [4.78, 5) is 71.3. The number of aliphatic hydroxyl groups excluding tert-OH is 1. The molecular weight excluding hydrogens is 841 g/mol. The number of hydrogen-bond acceptors (Lipinski definition) is 11. The first-order valence-corrected chi connectivity index (χ1v) is 23.8. The maximum atomic E-state index is 17.0. The molecule has 0 radical (unpaired) electrons. The number of rotatable bonds is 6. The van der Waals surface area contributed by atoms with Crippen LogP contribution < -0.4 is 0 Å². The molecule has 0 aromatic carbocycles. The molecule has 3 fully saturated rings. The Kier molecular flexibility index (Phi) is 20.9. The van der Waals surface area contributed by atoms with Crippen molar-refractivity contribution in [3.63, 3.8) is 0 Å². The molecule has 0 aromatic rings. The number of hydrogen-bond donors (Lipinski definition) is 1. The van der Waals surface area contributed by atoms with E-state index in [0.717, 1.165) is 10.5 Å². The van der Waals surface area contributed by atoms with Crippen LogP contribution in [0.15, 0.2) is 47.6 Å². The van der Waals surface area contributed by atoms with Crippen LogP contribution in [0, 0.1) is 35.5 Å². The van der Waals surface area contributed by atoms with Crippen molar-refractivity contribution in [3.05, 3.63) is 47.6 Å². The Morgan fingerprint density at radius 1 is 0.877 bits per heavy atom. The molecule has 1 N–H and O–H groups in total. The summed E-state index contributed by atoms with van der Waals surface area (Å²) in [6, 6.07) is -1.21. The van der Waals surface area contributed by atoms with E-state index in [9.17, 15) is 29.1 Å². The van der Waals surface area contributed by atoms with Gasteiger partial charge in [-0.1, -0.05) is 71.1 Å². The molecule has 4 unspecified atom stereocenters. The lowest BCUT2D eigenvalue weighted by Crippen LogP contribution is -2.59. The molecule has 4 aliphatic rings. The average molecular weight is 918 g/mol. The highest BCUT2D eigenvalue weighted by molar-refractivity contribution is 6.39. The smallest absolute Gasteiger partial charge is 0.329 e. The van der Waals surface area contributed by atoms with Crippen LogP contribution >= 0.6 is 0 Å². The van der Waals surface area contributed by atoms with Gasteiger partial charge in [0.1, 0.15) is 17.9 Å². The number of amides is 1. The number of esters is 1. The third kappa shape index (κ3) is 14.3. The molecule has 12 nitrogen and oxygen atoms in total. The van der Waals surface area contributed by atoms with Crippen LogP contribution in [0.1, 0.15) is 126 Å². The summed E-state index contributed by atoms with van der Waals surface area (Å²) in [6.07, 6.45) is 9.11. The van der Waals surface area contributed by atoms with Crippen molar-refractivity contribution in [2.45, 2.75) is 180 Å². The molecule has 2 saturated heterocycles. The van der Waals surface area contributed by atoms with E-state index in [1.807, 2.05) is 51.2 Å². The van der Waals surface area contributed by atoms with Crippen molar-refractivity contribution in [2.24, 2.45) is 35.5 Å². The first kappa shape index (κ1) is 54.2. The van der Waals surface area contributed by atoms with Gasteiger partial charge in [0.2, 0.25) is 0 Å². The number of fused-ring (bicyclic) bond motifs is 3. The van der Waals surface area contributed by atoms with Gasteiger partial charge >= 0.3 is 5.97 Å². The number of piperidine rings is 1. The number of alkyl halides is 2. The molecule has 1 amide bonds. The van der Waals surface area contributed by atoms with E-state index in [1.54, 1.807) is 21.0 Å². The molecule has 14 heteroatoms. The molecule has 1 saturated carbocycles. The van der Waals surface area contributed by atoms with E-state index in [1.165, 1.54) is 34.1 Å². The van der Waals surface area contributed by atoms with E-state index in [2.05, 4.69) is 0 Å². The predicted molar refractivity (Wildman–Crippen MR) is 243 cm³/mol. The minimum atomic E-state index is -2.94. The fourth-order valence-corrected chi connectivity index (χ4v) is 10.1. The van der Waals surface area contributed by atoms with Gasteiger partial charge < -0.3 is 33.7 Å². The highest BCUT2D eigenvalue weighted by Gasteiger charge is 2.55. The van der Waals surface area contributed by atoms with Crippen molar-refractivity contribution >= 4 is 29.2 Å². The van der Waals surface area contributed by atoms with Gasteiger partial charge in [-0.2, -0.15) is 0 Å². The Morgan fingerprint density at radius 3 is 2.28 bits per heavy atom. The highest BCUT2D eigenvalue weighted by Crippen LogP contribution is 2.40. The number of nitrogens with zero attached hydrogens (tertiary/aromatic N) is 1. The summed E-state index contributed by atoms with van der Waals surface area (Å²) in [6.45, 7) is 12.2. The molecule has 1 aliphatic carbocycles. The quantitative estimate of drug-likeness (QED) is 0.156. The standard InChI is InChI=1S/C51H77F2NO11/c1-30-16-12-11-13-17-31(2)42(61-8)28-38-21-19-36(7)51(53,65-38)48(58)49(59)54-23-15-14-18-39(54)50(60)64-43(33(4)26-37-20-22-40(55)44(27-37)62-9)29-41(56)32(3)25-34(5)45(52)47(63-10)46(57)35(6)24-30/h11-13,16-17,25,30,32-33,35-40,42-45,47,55H,14-15,18-24,26-29H2,1-10H3/b13-11?,16-12+,31-17?,34-25+/t30-,32-,33-,35-,36-,37?,38+,39+,40-,42+,43?,44-,45?,47-,51?/m1/s1. The normalized spacial score (nSPS) is 39.1. The number of allylic oxidation sites excluding steroid dienone is 6. The molecule has 366 valence electrons. The SMILES string of the molecule is CO[C@H]1C[C@@H]2CC[C@@H](C)C(F)(O2)C(=O)C(=O)N2CCCC[C@H]2C(=O)OC([C@H](C)CC2CC[C@@H](O)[C@H](OC)C2)CC(=O)[C@H](C)/C=C(\C)C(F)[C@@H](OC)C(=O)[C@H](C)C[C@H](C)/C=C/C=CC=C1C. The molecular formula is C51H77F2NO11. The number of halogens is 2. The fourth-order valence-electron chi connectivity index (χ4n) is 10.1. The monoisotopic (exact) mass is 918 g/mol. The van der Waals surface area contributed by atoms with E-state index in [4.69, 9.17) is 23.7 Å². The molecule has 0 aromatic heterocycles. The van der Waals surface area contributed by atoms with E-state index >= 15 is 8.78 Å². The summed E-state index contributed by atoms with van der Waals surface area (Å²) in [7, 11) is 4.38. The van der Waals surface area contributed by atoms with Gasteiger partial charge in [-0.15, -0.1) is 0 Å². The van der Waals surface area contributed by atoms with Gasteiger partial charge in [0.05, 0.1) is 24.4 Å². The van der Waals surface area contributed by atoms with Crippen LogP contribution in [0.25, 0.3) is 0 Å². The number of aliphatic hydroxyl groups is 1. The second-order valence-corrected chi connectivity index (χ2v) is 19.5. The average Bonchev–Trinajstić information content (AvgIpc) is 3.28. The van der Waals surface area contributed by atoms with Gasteiger partial charge in [-0.05, 0) is 107 Å². The van der Waals surface area contributed by atoms with Gasteiger partial charge in [0.25, 0.3) is 17.5 Å². The lowest BCUT2D eigenvalue weighted by Gasteiger charge is -2.41. The lowest BCUT2D eigenvalue weighted by molar-refractivity contribution is -0.231. The molecule has 3 aliphatic heterocycles. The van der Waals surface area contributed by atoms with Crippen molar-refractivity contribution in [1.82, 2.24) is 4.90 Å². The Hall–Kier alpha value is -3.43. The fraction of sp³-hybridized carbons (Fsp3) is 0.745. The highest BCUT2D eigenvalue weighted by atomic mass is 19.2. The zero-order valence-electron chi connectivity index (χ0n) is 40.5. The third-order valence-corrected chi connectivity index (χ3v) is 14.4. The molecule has 2 bridgehead atoms. The zero-order valence-corrected chi connectivity index (χ0v) is 40.5. The van der Waals surface area contributed by atoms with Crippen LogP contribution in [0.2, 0.25) is 0 Å². The molecule has 4 rings (SSSR count). The topological polar surface area (TPSA) is 155 Å². The molecule has 65 heavy (non-hydrogen) atoms. The Morgan fingerprint density at radius 2 is 1.60 bits per heavy atom. The summed E-state index contributed by atoms with van der Waals surface area (Å²) >= 11 is 0. The van der Waals surface area contributed by atoms with Crippen molar-refractivity contribution in [1.29, 1.82) is 0 Å². The number of Topliss-reactive ketones (excluding diaryl/α,β-unsaturated/α-hetero) is 3. The van der Waals surface area contributed by atoms with Crippen molar-refractivity contribution in [3.8, 4) is 0 Å². The van der Waals surface area contributed by atoms with Gasteiger partial charge in [0.15, 0.2) is 18.1 Å². The van der Waals surface area contributed by atoms with E-state index < -0.39 is 84.0 Å². The van der Waals surface area contributed by atoms with Crippen molar-refractivity contribution in [2.75, 3.05) is 27.9 Å². The first-order valence-electron chi connectivity index (χ1n) is 23.8. The Labute approximate surface area is 385 Å². The summed E-state index contributed by atoms with van der Waals surface area (Å²) in [5.41, 5.74) is 0.981. The van der Waals surface area contributed by atoms with Crippen LogP contribution in [0.4, 0.5) is 8.78 Å². The predicted octanol–water partition coefficient (Wildman–Crippen LogP) is 8.14. The number of ether oxygens (including phenoxy) is 5. The van der Waals surface area contributed by atoms with Gasteiger partial charge in [0, 0.05) is 58.5 Å². The number of carbonyl (C=O) groups is 5. The van der Waals surface area contributed by atoms with Crippen LogP contribution in [0.3, 0.4) is 0 Å². The molecule has 15 atom stereocenters. The minimum absolute atomic E-state index is 0.0206. The summed E-state index contributed by atoms with van der Waals surface area (Å²) in [5.74, 6) is -9.64. The number of carbonyl (C=O) groups excluding carboxylic acids is 5. The van der Waals surface area contributed by atoms with Gasteiger partial charge in [-0.25, -0.2) is 13.6 Å². The van der Waals surface area contributed by atoms with Crippen LogP contribution in [-0.2, 0) is 47.7 Å². The second kappa shape index (κ2) is 25.1. The van der Waals surface area contributed by atoms with Crippen molar-refractivity contribution < 1.29 is 61.5 Å². The largest absolute Gasteiger partial charge is 0.460 e. The van der Waals surface area contributed by atoms with Crippen LogP contribution in [0.5, 0.6) is 0 Å². The number of cyclic esters (lactones) is 1. The zero-order chi connectivity index (χ0) is 48.2. The lowest BCUT2D eigenvalue weighted by atomic mass is 9.78. The first-order chi connectivity index (χ1) is 30.7. The summed E-state index contributed by atoms with van der Waals surface area (Å²) < 4.78 is 62.1. The number of ketones is 3. The summed E-state index contributed by atoms with van der Waals surface area (Å²) in [5, 5.41) is 10.5.